The van der Waals surface area contributed by atoms with Crippen molar-refractivity contribution >= 4 is 16.9 Å². The largest absolute Gasteiger partial charge is 0.488 e. The first-order valence-electron chi connectivity index (χ1n) is 14.2. The van der Waals surface area contributed by atoms with E-state index in [0.717, 1.165) is 47.8 Å². The minimum atomic E-state index is -0.639. The van der Waals surface area contributed by atoms with E-state index in [1.165, 1.54) is 5.56 Å². The van der Waals surface area contributed by atoms with Gasteiger partial charge in [0.1, 0.15) is 17.9 Å². The standard InChI is InChI=1S/C33H41NO5/c1-21-26-13-14-28(38-20-23-9-11-24(12-10-23)32(3,4)5)22(2)30(26)39-31(36)27(21)18-29(35)34-17-16-33(37)15-7-6-8-25(33)19-34/h9-14,25,37H,6-8,15-20H2,1-5H3/t25-,33-/m1/s1. The van der Waals surface area contributed by atoms with E-state index in [0.29, 0.717) is 43.0 Å². The number of amides is 1. The molecule has 2 aliphatic rings. The van der Waals surface area contributed by atoms with Gasteiger partial charge in [0, 0.05) is 30.0 Å². The van der Waals surface area contributed by atoms with Crippen molar-refractivity contribution < 1.29 is 19.1 Å². The van der Waals surface area contributed by atoms with Crippen LogP contribution in [0, 0.1) is 19.8 Å². The van der Waals surface area contributed by atoms with Gasteiger partial charge in [-0.25, -0.2) is 4.79 Å². The highest BCUT2D eigenvalue weighted by molar-refractivity contribution is 5.87. The van der Waals surface area contributed by atoms with Crippen LogP contribution in [0.25, 0.3) is 11.0 Å². The molecule has 208 valence electrons. The Morgan fingerprint density at radius 1 is 1.08 bits per heavy atom. The highest BCUT2D eigenvalue weighted by Gasteiger charge is 2.43. The van der Waals surface area contributed by atoms with Gasteiger partial charge in [-0.05, 0) is 67.3 Å². The fourth-order valence-corrected chi connectivity index (χ4v) is 6.25. The van der Waals surface area contributed by atoms with Gasteiger partial charge in [0.25, 0.3) is 0 Å². The third-order valence-corrected chi connectivity index (χ3v) is 8.98. The molecule has 2 heterocycles. The number of hydrogen-bond donors (Lipinski definition) is 1. The van der Waals surface area contributed by atoms with Crippen molar-refractivity contribution in [2.75, 3.05) is 13.1 Å². The summed E-state index contributed by atoms with van der Waals surface area (Å²) in [5.41, 5.74) is 3.77. The van der Waals surface area contributed by atoms with Crippen molar-refractivity contribution in [3.63, 3.8) is 0 Å². The van der Waals surface area contributed by atoms with E-state index in [1.807, 2.05) is 30.9 Å². The lowest BCUT2D eigenvalue weighted by atomic mass is 9.71. The second-order valence-electron chi connectivity index (χ2n) is 12.6. The normalized spacial score (nSPS) is 21.6. The van der Waals surface area contributed by atoms with Crippen molar-refractivity contribution in [2.24, 2.45) is 5.92 Å². The first-order chi connectivity index (χ1) is 18.5. The number of aryl methyl sites for hydroxylation is 2. The number of carbonyl (C=O) groups is 1. The van der Waals surface area contributed by atoms with Crippen molar-refractivity contribution in [1.82, 2.24) is 4.90 Å². The molecule has 3 aromatic rings. The van der Waals surface area contributed by atoms with E-state index < -0.39 is 11.2 Å². The van der Waals surface area contributed by atoms with E-state index in [4.69, 9.17) is 9.15 Å². The molecule has 1 amide bonds. The number of ether oxygens (including phenoxy) is 1. The molecule has 1 N–H and O–H groups in total. The van der Waals surface area contributed by atoms with E-state index in [-0.39, 0.29) is 23.7 Å². The topological polar surface area (TPSA) is 80.0 Å². The molecular weight excluding hydrogens is 490 g/mol. The Labute approximate surface area is 231 Å². The van der Waals surface area contributed by atoms with E-state index in [9.17, 15) is 14.7 Å². The van der Waals surface area contributed by atoms with Gasteiger partial charge in [-0.2, -0.15) is 0 Å². The summed E-state index contributed by atoms with van der Waals surface area (Å²) in [6.07, 6.45) is 4.53. The van der Waals surface area contributed by atoms with Gasteiger partial charge in [-0.3, -0.25) is 4.79 Å². The predicted octanol–water partition coefficient (Wildman–Crippen LogP) is 5.98. The van der Waals surface area contributed by atoms with Gasteiger partial charge >= 0.3 is 5.63 Å². The molecule has 0 unspecified atom stereocenters. The van der Waals surface area contributed by atoms with Crippen molar-refractivity contribution in [3.8, 4) is 5.75 Å². The molecule has 2 atom stereocenters. The summed E-state index contributed by atoms with van der Waals surface area (Å²) in [7, 11) is 0. The number of piperidine rings is 1. The smallest absolute Gasteiger partial charge is 0.340 e. The molecule has 5 rings (SSSR count). The Kier molecular flexibility index (Phi) is 7.36. The molecule has 0 bridgehead atoms. The Bertz CT molecular complexity index is 1430. The first-order valence-corrected chi connectivity index (χ1v) is 14.2. The molecule has 2 aromatic carbocycles. The Morgan fingerprint density at radius 3 is 2.54 bits per heavy atom. The van der Waals surface area contributed by atoms with Crippen LogP contribution in [0.2, 0.25) is 0 Å². The highest BCUT2D eigenvalue weighted by Crippen LogP contribution is 2.40. The average Bonchev–Trinajstić information content (AvgIpc) is 2.90. The second kappa shape index (κ2) is 10.5. The first kappa shape index (κ1) is 27.4. The number of fused-ring (bicyclic) bond motifs is 2. The summed E-state index contributed by atoms with van der Waals surface area (Å²) in [6, 6.07) is 12.3. The number of carbonyl (C=O) groups excluding carboxylic acids is 1. The van der Waals surface area contributed by atoms with Crippen molar-refractivity contribution in [2.45, 2.75) is 90.8 Å². The number of aliphatic hydroxyl groups is 1. The molecule has 1 saturated carbocycles. The molecule has 0 spiro atoms. The van der Waals surface area contributed by atoms with Crippen LogP contribution >= 0.6 is 0 Å². The zero-order valence-corrected chi connectivity index (χ0v) is 23.9. The summed E-state index contributed by atoms with van der Waals surface area (Å²) in [5, 5.41) is 11.8. The van der Waals surface area contributed by atoms with Gasteiger partial charge in [0.05, 0.1) is 17.6 Å². The summed E-state index contributed by atoms with van der Waals surface area (Å²) in [6.45, 7) is 11.9. The number of nitrogens with zero attached hydrogens (tertiary/aromatic N) is 1. The van der Waals surface area contributed by atoms with Crippen LogP contribution in [0.4, 0.5) is 0 Å². The van der Waals surface area contributed by atoms with Crippen LogP contribution in [0.15, 0.2) is 45.6 Å². The van der Waals surface area contributed by atoms with Gasteiger partial charge in [-0.1, -0.05) is 57.9 Å². The maximum atomic E-state index is 13.2. The lowest BCUT2D eigenvalue weighted by molar-refractivity contribution is -0.142. The van der Waals surface area contributed by atoms with E-state index >= 15 is 0 Å². The summed E-state index contributed by atoms with van der Waals surface area (Å²) >= 11 is 0. The molecule has 6 nitrogen and oxygen atoms in total. The maximum Gasteiger partial charge on any atom is 0.340 e. The molecule has 2 fully saturated rings. The number of rotatable bonds is 5. The lowest BCUT2D eigenvalue weighted by Gasteiger charge is -2.47. The monoisotopic (exact) mass is 531 g/mol. The molecule has 39 heavy (non-hydrogen) atoms. The van der Waals surface area contributed by atoms with Crippen molar-refractivity contribution in [1.29, 1.82) is 0 Å². The van der Waals surface area contributed by atoms with Crippen LogP contribution in [0.1, 0.15) is 80.7 Å². The van der Waals surface area contributed by atoms with Crippen LogP contribution in [-0.2, 0) is 23.2 Å². The second-order valence-corrected chi connectivity index (χ2v) is 12.6. The zero-order chi connectivity index (χ0) is 27.9. The minimum Gasteiger partial charge on any atom is -0.488 e. The molecule has 1 saturated heterocycles. The average molecular weight is 532 g/mol. The molecule has 1 aromatic heterocycles. The summed E-state index contributed by atoms with van der Waals surface area (Å²) < 4.78 is 11.9. The zero-order valence-electron chi connectivity index (χ0n) is 23.9. The Balaban J connectivity index is 1.31. The van der Waals surface area contributed by atoms with Gasteiger partial charge in [-0.15, -0.1) is 0 Å². The third kappa shape index (κ3) is 5.49. The molecule has 0 radical (unpaired) electrons. The fourth-order valence-electron chi connectivity index (χ4n) is 6.25. The highest BCUT2D eigenvalue weighted by atomic mass is 16.5. The molecule has 6 heteroatoms. The Morgan fingerprint density at radius 2 is 1.82 bits per heavy atom. The minimum absolute atomic E-state index is 0.0110. The number of likely N-dealkylation sites (tertiary alicyclic amines) is 1. The number of benzene rings is 2. The lowest BCUT2D eigenvalue weighted by Crippen LogP contribution is -2.55. The molecule has 1 aliphatic heterocycles. The van der Waals surface area contributed by atoms with Crippen molar-refractivity contribution in [3.05, 3.63) is 74.6 Å². The van der Waals surface area contributed by atoms with Gasteiger partial charge in [0.15, 0.2) is 0 Å². The van der Waals surface area contributed by atoms with Crippen LogP contribution in [-0.4, -0.2) is 34.6 Å². The predicted molar refractivity (Wildman–Crippen MR) is 153 cm³/mol. The van der Waals surface area contributed by atoms with E-state index in [1.54, 1.807) is 0 Å². The quantitative estimate of drug-likeness (QED) is 0.410. The van der Waals surface area contributed by atoms with Gasteiger partial charge in [0.2, 0.25) is 5.91 Å². The van der Waals surface area contributed by atoms with Crippen LogP contribution in [0.3, 0.4) is 0 Å². The van der Waals surface area contributed by atoms with Gasteiger partial charge < -0.3 is 19.2 Å². The molecule has 1 aliphatic carbocycles. The molecular formula is C33H41NO5. The van der Waals surface area contributed by atoms with Crippen LogP contribution < -0.4 is 10.4 Å². The fraction of sp³-hybridized carbons (Fsp3) is 0.515. The Hall–Kier alpha value is -3.12. The summed E-state index contributed by atoms with van der Waals surface area (Å²) in [4.78, 5) is 28.2. The third-order valence-electron chi connectivity index (χ3n) is 8.98. The van der Waals surface area contributed by atoms with E-state index in [2.05, 4.69) is 45.0 Å². The summed E-state index contributed by atoms with van der Waals surface area (Å²) in [5.74, 6) is 0.712. The SMILES string of the molecule is Cc1c(CC(=O)N2CC[C@]3(O)CCCC[C@@H]3C2)c(=O)oc2c(C)c(OCc3ccc(C(C)(C)C)cc3)ccc12. The maximum absolute atomic E-state index is 13.2. The van der Waals surface area contributed by atoms with Crippen LogP contribution in [0.5, 0.6) is 5.75 Å². The number of hydrogen-bond acceptors (Lipinski definition) is 5.